The lowest BCUT2D eigenvalue weighted by Crippen LogP contribution is -2.17. The van der Waals surface area contributed by atoms with Crippen LogP contribution in [0.3, 0.4) is 0 Å². The Bertz CT molecular complexity index is 564. The fraction of sp³-hybridized carbons (Fsp3) is 0.533. The molecule has 0 aliphatic rings. The maximum absolute atomic E-state index is 11.8. The highest BCUT2D eigenvalue weighted by Gasteiger charge is 2.17. The van der Waals surface area contributed by atoms with Crippen molar-refractivity contribution < 1.29 is 17.9 Å². The normalized spacial score (nSPS) is 13.2. The molecule has 1 aromatic carbocycles. The lowest BCUT2D eigenvalue weighted by Gasteiger charge is -2.12. The zero-order valence-corrected chi connectivity index (χ0v) is 14.1. The van der Waals surface area contributed by atoms with E-state index < -0.39 is 20.9 Å². The number of carbonyl (C=O) groups excluding carboxylic acids is 1. The third-order valence-corrected chi connectivity index (χ3v) is 4.17. The number of rotatable bonds is 7. The van der Waals surface area contributed by atoms with Gasteiger partial charge in [0.15, 0.2) is 0 Å². The van der Waals surface area contributed by atoms with E-state index in [4.69, 9.17) is 15.4 Å². The maximum Gasteiger partial charge on any atom is 0.313 e. The summed E-state index contributed by atoms with van der Waals surface area (Å²) in [6.45, 7) is 5.81. The number of esters is 1. The van der Waals surface area contributed by atoms with Crippen molar-refractivity contribution >= 4 is 25.7 Å². The molecule has 0 N–H and O–H groups in total. The molecule has 0 fully saturated rings. The van der Waals surface area contributed by atoms with Crippen molar-refractivity contribution in [2.75, 3.05) is 12.4 Å². The zero-order valence-electron chi connectivity index (χ0n) is 12.5. The predicted octanol–water partition coefficient (Wildman–Crippen LogP) is 3.10. The summed E-state index contributed by atoms with van der Waals surface area (Å²) in [7, 11) is 1.42. The molecule has 1 unspecified atom stereocenters. The minimum Gasteiger partial charge on any atom is -0.464 e. The van der Waals surface area contributed by atoms with Gasteiger partial charge in [-0.3, -0.25) is 4.79 Å². The summed E-state index contributed by atoms with van der Waals surface area (Å²) in [6.07, 6.45) is 0.993. The van der Waals surface area contributed by atoms with Gasteiger partial charge < -0.3 is 4.74 Å². The van der Waals surface area contributed by atoms with Gasteiger partial charge in [-0.15, -0.1) is 0 Å². The van der Waals surface area contributed by atoms with Gasteiger partial charge in [-0.1, -0.05) is 38.1 Å². The summed E-state index contributed by atoms with van der Waals surface area (Å²) in [4.78, 5) is 11.8. The molecular formula is C15H21ClO4S. The fourth-order valence-corrected chi connectivity index (χ4v) is 2.39. The first-order valence-electron chi connectivity index (χ1n) is 6.87. The van der Waals surface area contributed by atoms with E-state index >= 15 is 0 Å². The molecule has 0 aromatic heterocycles. The van der Waals surface area contributed by atoms with Gasteiger partial charge in [0, 0.05) is 10.7 Å². The number of benzene rings is 1. The Morgan fingerprint density at radius 1 is 1.19 bits per heavy atom. The zero-order chi connectivity index (χ0) is 16.0. The van der Waals surface area contributed by atoms with Crippen LogP contribution in [0.25, 0.3) is 0 Å². The van der Waals surface area contributed by atoms with E-state index in [1.807, 2.05) is 24.3 Å². The van der Waals surface area contributed by atoms with Gasteiger partial charge in [0.05, 0.1) is 11.7 Å². The summed E-state index contributed by atoms with van der Waals surface area (Å²) in [5, 5.41) is 0. The van der Waals surface area contributed by atoms with E-state index in [0.29, 0.717) is 5.92 Å². The molecule has 1 aromatic rings. The van der Waals surface area contributed by atoms with Crippen LogP contribution in [0.5, 0.6) is 0 Å². The Kier molecular flexibility index (Phi) is 6.68. The Labute approximate surface area is 130 Å². The molecule has 0 heterocycles. The van der Waals surface area contributed by atoms with E-state index in [0.717, 1.165) is 12.0 Å². The van der Waals surface area contributed by atoms with Gasteiger partial charge in [-0.25, -0.2) is 8.42 Å². The molecule has 0 saturated carbocycles. The van der Waals surface area contributed by atoms with Crippen molar-refractivity contribution in [3.63, 3.8) is 0 Å². The molecule has 118 valence electrons. The lowest BCUT2D eigenvalue weighted by atomic mass is 9.97. The van der Waals surface area contributed by atoms with Gasteiger partial charge in [0.2, 0.25) is 9.05 Å². The van der Waals surface area contributed by atoms with E-state index in [-0.39, 0.29) is 12.4 Å². The SMILES string of the molecule is CC(C)Cc1ccc(C(C)C(=O)OCCS(=O)(=O)Cl)cc1. The quantitative estimate of drug-likeness (QED) is 0.568. The molecule has 1 rings (SSSR count). The van der Waals surface area contributed by atoms with Crippen molar-refractivity contribution in [2.45, 2.75) is 33.1 Å². The first kappa shape index (κ1) is 18.0. The van der Waals surface area contributed by atoms with Crippen molar-refractivity contribution in [3.8, 4) is 0 Å². The van der Waals surface area contributed by atoms with Crippen LogP contribution >= 0.6 is 10.7 Å². The average Bonchev–Trinajstić information content (AvgIpc) is 2.36. The van der Waals surface area contributed by atoms with Crippen LogP contribution in [0, 0.1) is 5.92 Å². The van der Waals surface area contributed by atoms with Crippen molar-refractivity contribution in [2.24, 2.45) is 5.92 Å². The number of carbonyl (C=O) groups is 1. The molecule has 6 heteroatoms. The smallest absolute Gasteiger partial charge is 0.313 e. The summed E-state index contributed by atoms with van der Waals surface area (Å²) in [5.74, 6) is -0.681. The third-order valence-electron chi connectivity index (χ3n) is 3.05. The Balaban J connectivity index is 2.57. The molecule has 4 nitrogen and oxygen atoms in total. The van der Waals surface area contributed by atoms with Crippen LogP contribution in [0.1, 0.15) is 37.8 Å². The first-order valence-corrected chi connectivity index (χ1v) is 9.34. The van der Waals surface area contributed by atoms with Crippen LogP contribution < -0.4 is 0 Å². The standard InChI is InChI=1S/C15H21ClO4S/c1-11(2)10-13-4-6-14(7-5-13)12(3)15(17)20-8-9-21(16,18)19/h4-7,11-12H,8-10H2,1-3H3. The largest absolute Gasteiger partial charge is 0.464 e. The Morgan fingerprint density at radius 2 is 1.76 bits per heavy atom. The second-order valence-corrected chi connectivity index (χ2v) is 8.37. The van der Waals surface area contributed by atoms with Crippen LogP contribution in [0.2, 0.25) is 0 Å². The number of halogens is 1. The van der Waals surface area contributed by atoms with Gasteiger partial charge in [-0.05, 0) is 30.4 Å². The van der Waals surface area contributed by atoms with Gasteiger partial charge in [0.25, 0.3) is 0 Å². The van der Waals surface area contributed by atoms with Crippen molar-refractivity contribution in [3.05, 3.63) is 35.4 Å². The molecule has 0 amide bonds. The minimum atomic E-state index is -3.63. The Morgan fingerprint density at radius 3 is 2.24 bits per heavy atom. The molecule has 0 saturated heterocycles. The minimum absolute atomic E-state index is 0.222. The van der Waals surface area contributed by atoms with E-state index in [1.54, 1.807) is 6.92 Å². The topological polar surface area (TPSA) is 60.4 Å². The molecule has 0 bridgehead atoms. The lowest BCUT2D eigenvalue weighted by molar-refractivity contribution is -0.144. The summed E-state index contributed by atoms with van der Waals surface area (Å²) >= 11 is 0. The molecule has 1 atom stereocenters. The molecule has 0 aliphatic carbocycles. The van der Waals surface area contributed by atoms with Crippen molar-refractivity contribution in [1.82, 2.24) is 0 Å². The summed E-state index contributed by atoms with van der Waals surface area (Å²) in [6, 6.07) is 7.81. The molecular weight excluding hydrogens is 312 g/mol. The highest BCUT2D eigenvalue weighted by Crippen LogP contribution is 2.19. The van der Waals surface area contributed by atoms with Gasteiger partial charge in [-0.2, -0.15) is 0 Å². The van der Waals surface area contributed by atoms with E-state index in [2.05, 4.69) is 13.8 Å². The molecule has 21 heavy (non-hydrogen) atoms. The fourth-order valence-electron chi connectivity index (χ4n) is 1.92. The van der Waals surface area contributed by atoms with Crippen LogP contribution in [-0.4, -0.2) is 26.7 Å². The summed E-state index contributed by atoms with van der Waals surface area (Å²) in [5.41, 5.74) is 2.07. The van der Waals surface area contributed by atoms with Gasteiger partial charge >= 0.3 is 5.97 Å². The van der Waals surface area contributed by atoms with E-state index in [9.17, 15) is 13.2 Å². The van der Waals surface area contributed by atoms with Crippen molar-refractivity contribution in [1.29, 1.82) is 0 Å². The molecule has 0 radical (unpaired) electrons. The predicted molar refractivity (Wildman–Crippen MR) is 84.0 cm³/mol. The first-order chi connectivity index (χ1) is 9.69. The van der Waals surface area contributed by atoms with Crippen LogP contribution in [0.4, 0.5) is 0 Å². The third kappa shape index (κ3) is 6.96. The molecule has 0 aliphatic heterocycles. The number of hydrogen-bond donors (Lipinski definition) is 0. The highest BCUT2D eigenvalue weighted by atomic mass is 35.7. The second-order valence-electron chi connectivity index (χ2n) is 5.47. The summed E-state index contributed by atoms with van der Waals surface area (Å²) < 4.78 is 26.4. The number of ether oxygens (including phenoxy) is 1. The van der Waals surface area contributed by atoms with Crippen LogP contribution in [0.15, 0.2) is 24.3 Å². The monoisotopic (exact) mass is 332 g/mol. The highest BCUT2D eigenvalue weighted by molar-refractivity contribution is 8.13. The second kappa shape index (κ2) is 7.80. The van der Waals surface area contributed by atoms with E-state index in [1.165, 1.54) is 5.56 Å². The molecule has 0 spiro atoms. The number of hydrogen-bond acceptors (Lipinski definition) is 4. The van der Waals surface area contributed by atoms with Gasteiger partial charge in [0.1, 0.15) is 6.61 Å². The van der Waals surface area contributed by atoms with Crippen LogP contribution in [-0.2, 0) is 25.0 Å². The maximum atomic E-state index is 11.8. The Hall–Kier alpha value is -1.07. The average molecular weight is 333 g/mol.